The van der Waals surface area contributed by atoms with Crippen LogP contribution in [0.5, 0.6) is 0 Å². The molecule has 0 aliphatic rings. The SMILES string of the molecule is N#Cc1ccc(Cc2cc(C(=O)O)ccc2NC(=O)c2cccc(Cc3ccc(F)cc3)c2)cc1. The molecular formula is C29H21FN2O3. The molecule has 35 heavy (non-hydrogen) atoms. The van der Waals surface area contributed by atoms with Gasteiger partial charge in [-0.25, -0.2) is 9.18 Å². The van der Waals surface area contributed by atoms with Gasteiger partial charge < -0.3 is 10.4 Å². The smallest absolute Gasteiger partial charge is 0.335 e. The first kappa shape index (κ1) is 23.4. The summed E-state index contributed by atoms with van der Waals surface area (Å²) in [6.07, 6.45) is 0.936. The first-order chi connectivity index (χ1) is 16.9. The Balaban J connectivity index is 1.56. The molecule has 0 unspecified atom stereocenters. The summed E-state index contributed by atoms with van der Waals surface area (Å²) in [5.74, 6) is -1.68. The van der Waals surface area contributed by atoms with Gasteiger partial charge in [0, 0.05) is 11.3 Å². The molecule has 1 amide bonds. The largest absolute Gasteiger partial charge is 0.478 e. The second-order valence-corrected chi connectivity index (χ2v) is 8.12. The fourth-order valence-electron chi connectivity index (χ4n) is 3.77. The third kappa shape index (κ3) is 5.98. The molecule has 6 heteroatoms. The number of rotatable bonds is 7. The van der Waals surface area contributed by atoms with Gasteiger partial charge in [0.1, 0.15) is 5.82 Å². The van der Waals surface area contributed by atoms with Gasteiger partial charge in [0.2, 0.25) is 0 Å². The zero-order chi connectivity index (χ0) is 24.8. The Morgan fingerprint density at radius 1 is 0.800 bits per heavy atom. The summed E-state index contributed by atoms with van der Waals surface area (Å²) in [6.45, 7) is 0. The molecule has 0 spiro atoms. The third-order valence-corrected chi connectivity index (χ3v) is 5.59. The lowest BCUT2D eigenvalue weighted by atomic mass is 9.99. The quantitative estimate of drug-likeness (QED) is 0.360. The van der Waals surface area contributed by atoms with E-state index in [1.165, 1.54) is 18.2 Å². The van der Waals surface area contributed by atoms with Crippen molar-refractivity contribution in [1.82, 2.24) is 0 Å². The monoisotopic (exact) mass is 464 g/mol. The van der Waals surface area contributed by atoms with Crippen LogP contribution in [-0.4, -0.2) is 17.0 Å². The zero-order valence-corrected chi connectivity index (χ0v) is 18.7. The average molecular weight is 464 g/mol. The van der Waals surface area contributed by atoms with Crippen LogP contribution in [0.15, 0.2) is 91.0 Å². The number of carboxylic acid groups (broad SMARTS) is 1. The zero-order valence-electron chi connectivity index (χ0n) is 18.7. The van der Waals surface area contributed by atoms with E-state index in [0.29, 0.717) is 35.2 Å². The van der Waals surface area contributed by atoms with Crippen molar-refractivity contribution in [1.29, 1.82) is 5.26 Å². The van der Waals surface area contributed by atoms with Crippen molar-refractivity contribution in [2.45, 2.75) is 12.8 Å². The van der Waals surface area contributed by atoms with Crippen LogP contribution in [-0.2, 0) is 12.8 Å². The normalized spacial score (nSPS) is 10.4. The van der Waals surface area contributed by atoms with Gasteiger partial charge in [-0.15, -0.1) is 0 Å². The summed E-state index contributed by atoms with van der Waals surface area (Å²) in [6, 6.07) is 27.0. The molecule has 2 N–H and O–H groups in total. The van der Waals surface area contributed by atoms with E-state index in [4.69, 9.17) is 5.26 Å². The highest BCUT2D eigenvalue weighted by atomic mass is 19.1. The van der Waals surface area contributed by atoms with Gasteiger partial charge in [-0.05, 0) is 89.7 Å². The molecule has 4 aromatic rings. The van der Waals surface area contributed by atoms with Gasteiger partial charge in [0.15, 0.2) is 0 Å². The Labute approximate surface area is 202 Å². The molecule has 5 nitrogen and oxygen atoms in total. The molecule has 0 aromatic heterocycles. The molecule has 4 aromatic carbocycles. The van der Waals surface area contributed by atoms with Crippen LogP contribution in [0.2, 0.25) is 0 Å². The number of carbonyl (C=O) groups excluding carboxylic acids is 1. The molecule has 0 radical (unpaired) electrons. The van der Waals surface area contributed by atoms with Crippen LogP contribution < -0.4 is 5.32 Å². The van der Waals surface area contributed by atoms with Crippen molar-refractivity contribution in [3.05, 3.63) is 136 Å². The minimum atomic E-state index is -1.06. The molecule has 0 fully saturated rings. The minimum Gasteiger partial charge on any atom is -0.478 e. The van der Waals surface area contributed by atoms with E-state index in [2.05, 4.69) is 11.4 Å². The van der Waals surface area contributed by atoms with Gasteiger partial charge in [-0.2, -0.15) is 5.26 Å². The van der Waals surface area contributed by atoms with Crippen LogP contribution in [0.4, 0.5) is 10.1 Å². The van der Waals surface area contributed by atoms with Gasteiger partial charge in [0.05, 0.1) is 17.2 Å². The number of amides is 1. The number of aromatic carboxylic acids is 1. The van der Waals surface area contributed by atoms with Crippen molar-refractivity contribution in [3.8, 4) is 6.07 Å². The maximum Gasteiger partial charge on any atom is 0.335 e. The number of anilines is 1. The lowest BCUT2D eigenvalue weighted by Gasteiger charge is -2.13. The minimum absolute atomic E-state index is 0.118. The van der Waals surface area contributed by atoms with Crippen LogP contribution >= 0.6 is 0 Å². The number of carbonyl (C=O) groups is 2. The Morgan fingerprint density at radius 2 is 1.49 bits per heavy atom. The van der Waals surface area contributed by atoms with Crippen LogP contribution in [0.25, 0.3) is 0 Å². The lowest BCUT2D eigenvalue weighted by Crippen LogP contribution is -2.14. The standard InChI is InChI=1S/C29H21FN2O3/c30-26-11-8-19(9-12-26)14-22-2-1-3-23(16-22)28(33)32-27-13-10-24(29(34)35)17-25(27)15-20-4-6-21(18-31)7-5-20/h1-13,16-17H,14-15H2,(H,32,33)(H,34,35). The van der Waals surface area contributed by atoms with Crippen molar-refractivity contribution in [3.63, 3.8) is 0 Å². The summed E-state index contributed by atoms with van der Waals surface area (Å²) in [7, 11) is 0. The Hall–Kier alpha value is -4.76. The highest BCUT2D eigenvalue weighted by Gasteiger charge is 2.14. The van der Waals surface area contributed by atoms with E-state index in [-0.39, 0.29) is 17.3 Å². The van der Waals surface area contributed by atoms with E-state index in [1.54, 1.807) is 66.7 Å². The van der Waals surface area contributed by atoms with E-state index in [9.17, 15) is 19.1 Å². The van der Waals surface area contributed by atoms with E-state index >= 15 is 0 Å². The molecule has 0 aliphatic heterocycles. The van der Waals surface area contributed by atoms with E-state index < -0.39 is 5.97 Å². The molecule has 0 saturated heterocycles. The second kappa shape index (κ2) is 10.4. The van der Waals surface area contributed by atoms with E-state index in [0.717, 1.165) is 16.7 Å². The summed E-state index contributed by atoms with van der Waals surface area (Å²) in [5, 5.41) is 21.3. The number of nitriles is 1. The number of carboxylic acids is 1. The number of benzene rings is 4. The number of nitrogens with zero attached hydrogens (tertiary/aromatic N) is 1. The van der Waals surface area contributed by atoms with Crippen molar-refractivity contribution in [2.75, 3.05) is 5.32 Å². The molecule has 0 saturated carbocycles. The highest BCUT2D eigenvalue weighted by molar-refractivity contribution is 6.05. The molecule has 0 bridgehead atoms. The first-order valence-electron chi connectivity index (χ1n) is 10.9. The van der Waals surface area contributed by atoms with Crippen molar-refractivity contribution in [2.24, 2.45) is 0 Å². The van der Waals surface area contributed by atoms with Crippen molar-refractivity contribution >= 4 is 17.6 Å². The molecule has 0 aliphatic carbocycles. The van der Waals surface area contributed by atoms with Gasteiger partial charge in [-0.3, -0.25) is 4.79 Å². The van der Waals surface area contributed by atoms with Crippen LogP contribution in [0, 0.1) is 17.1 Å². The van der Waals surface area contributed by atoms with Crippen LogP contribution in [0.3, 0.4) is 0 Å². The van der Waals surface area contributed by atoms with Crippen LogP contribution in [0.1, 0.15) is 48.5 Å². The number of hydrogen-bond acceptors (Lipinski definition) is 3. The average Bonchev–Trinajstić information content (AvgIpc) is 2.87. The molecular weight excluding hydrogens is 443 g/mol. The summed E-state index contributed by atoms with van der Waals surface area (Å²) >= 11 is 0. The maximum atomic E-state index is 13.2. The molecule has 4 rings (SSSR count). The second-order valence-electron chi connectivity index (χ2n) is 8.12. The fraction of sp³-hybridized carbons (Fsp3) is 0.0690. The first-order valence-corrected chi connectivity index (χ1v) is 10.9. The fourth-order valence-corrected chi connectivity index (χ4v) is 3.77. The number of nitrogens with one attached hydrogen (secondary N) is 1. The summed E-state index contributed by atoms with van der Waals surface area (Å²) < 4.78 is 13.2. The third-order valence-electron chi connectivity index (χ3n) is 5.59. The predicted octanol–water partition coefficient (Wildman–Crippen LogP) is 5.83. The van der Waals surface area contributed by atoms with Crippen molar-refractivity contribution < 1.29 is 19.1 Å². The predicted molar refractivity (Wildman–Crippen MR) is 131 cm³/mol. The number of halogens is 1. The lowest BCUT2D eigenvalue weighted by molar-refractivity contribution is 0.0696. The van der Waals surface area contributed by atoms with Gasteiger partial charge in [-0.1, -0.05) is 36.4 Å². The Bertz CT molecular complexity index is 1420. The molecule has 0 atom stereocenters. The molecule has 172 valence electrons. The summed E-state index contributed by atoms with van der Waals surface area (Å²) in [4.78, 5) is 24.6. The van der Waals surface area contributed by atoms with Gasteiger partial charge >= 0.3 is 5.97 Å². The topological polar surface area (TPSA) is 90.2 Å². The van der Waals surface area contributed by atoms with E-state index in [1.807, 2.05) is 6.07 Å². The number of hydrogen-bond donors (Lipinski definition) is 2. The molecule has 0 heterocycles. The summed E-state index contributed by atoms with van der Waals surface area (Å²) in [5.41, 5.74) is 4.97. The maximum absolute atomic E-state index is 13.2. The highest BCUT2D eigenvalue weighted by Crippen LogP contribution is 2.23. The Morgan fingerprint density at radius 3 is 2.17 bits per heavy atom. The Kier molecular flexibility index (Phi) is 6.99. The van der Waals surface area contributed by atoms with Gasteiger partial charge in [0.25, 0.3) is 5.91 Å².